The first kappa shape index (κ1) is 40.1. The minimum atomic E-state index is -0.576. The third-order valence-electron chi connectivity index (χ3n) is 16.4. The molecule has 3 nitrogen and oxygen atoms in total. The highest BCUT2D eigenvalue weighted by molar-refractivity contribution is 6.12. The van der Waals surface area contributed by atoms with Crippen LogP contribution in [-0.4, -0.2) is 4.57 Å². The van der Waals surface area contributed by atoms with Crippen molar-refractivity contribution in [3.8, 4) is 39.1 Å². The third-order valence-corrected chi connectivity index (χ3v) is 16.4. The lowest BCUT2D eigenvalue weighted by molar-refractivity contribution is 0.793. The zero-order valence-corrected chi connectivity index (χ0v) is 42.3. The fraction of sp³-hybridized carbons (Fsp3) is 0.0133. The van der Waals surface area contributed by atoms with Crippen molar-refractivity contribution in [3.63, 3.8) is 0 Å². The van der Waals surface area contributed by atoms with Gasteiger partial charge in [0, 0.05) is 50.3 Å². The van der Waals surface area contributed by atoms with E-state index in [9.17, 15) is 5.48 Å². The van der Waals surface area contributed by atoms with Crippen LogP contribution in [0.25, 0.3) is 82.4 Å². The van der Waals surface area contributed by atoms with Gasteiger partial charge in [-0.3, -0.25) is 0 Å². The first-order valence-electron chi connectivity index (χ1n) is 28.7. The summed E-state index contributed by atoms with van der Waals surface area (Å²) in [5, 5.41) is 6.03. The molecule has 0 N–H and O–H groups in total. The Labute approximate surface area is 459 Å². The second-order valence-electron chi connectivity index (χ2n) is 20.4. The summed E-state index contributed by atoms with van der Waals surface area (Å²) >= 11 is 0. The zero-order valence-electron chi connectivity index (χ0n) is 46.3. The second kappa shape index (κ2) is 17.4. The van der Waals surface area contributed by atoms with Gasteiger partial charge in [0.25, 0.3) is 0 Å². The van der Waals surface area contributed by atoms with Crippen molar-refractivity contribution in [2.45, 2.75) is 5.41 Å². The van der Waals surface area contributed by atoms with E-state index >= 15 is 0 Å². The summed E-state index contributed by atoms with van der Waals surface area (Å²) in [4.78, 5) is 4.23. The molecule has 1 spiro atoms. The largest absolute Gasteiger partial charge is 0.310 e. The third kappa shape index (κ3) is 6.52. The summed E-state index contributed by atoms with van der Waals surface area (Å²) in [6.45, 7) is 0. The molecule has 13 aromatic carbocycles. The molecule has 0 saturated heterocycles. The lowest BCUT2D eigenvalue weighted by Crippen LogP contribution is -2.26. The maximum Gasteiger partial charge on any atom is 0.0726 e. The molecular formula is C75H49N3. The average molecular weight is 996 g/mol. The van der Waals surface area contributed by atoms with E-state index in [0.29, 0.717) is 5.56 Å². The first-order valence-corrected chi connectivity index (χ1v) is 26.7. The molecule has 0 radical (unpaired) electrons. The van der Waals surface area contributed by atoms with Gasteiger partial charge < -0.3 is 14.4 Å². The van der Waals surface area contributed by atoms with Crippen molar-refractivity contribution < 1.29 is 5.48 Å². The minimum Gasteiger partial charge on any atom is -0.310 e. The van der Waals surface area contributed by atoms with Crippen molar-refractivity contribution in [1.82, 2.24) is 4.57 Å². The molecule has 0 saturated carbocycles. The number of rotatable bonds is 8. The molecule has 0 aliphatic heterocycles. The number of nitrogens with zero attached hydrogens (tertiary/aromatic N) is 3. The van der Waals surface area contributed by atoms with Gasteiger partial charge in [0.05, 0.1) is 27.6 Å². The van der Waals surface area contributed by atoms with E-state index in [4.69, 9.17) is 0 Å². The van der Waals surface area contributed by atoms with E-state index in [-0.39, 0.29) is 35.4 Å². The molecule has 1 aromatic heterocycles. The molecule has 0 unspecified atom stereocenters. The topological polar surface area (TPSA) is 11.4 Å². The van der Waals surface area contributed by atoms with Gasteiger partial charge in [-0.25, -0.2) is 0 Å². The Kier molecular flexibility index (Phi) is 8.97. The van der Waals surface area contributed by atoms with Crippen molar-refractivity contribution >= 4 is 77.5 Å². The Morgan fingerprint density at radius 3 is 1.56 bits per heavy atom. The maximum atomic E-state index is 9.93. The van der Waals surface area contributed by atoms with E-state index in [1.54, 1.807) is 0 Å². The van der Waals surface area contributed by atoms with Crippen LogP contribution < -0.4 is 9.80 Å². The Morgan fingerprint density at radius 2 is 0.821 bits per heavy atom. The van der Waals surface area contributed by atoms with Crippen LogP contribution in [0.15, 0.2) is 297 Å². The fourth-order valence-electron chi connectivity index (χ4n) is 13.2. The average Bonchev–Trinajstić information content (AvgIpc) is 2.30. The van der Waals surface area contributed by atoms with Gasteiger partial charge in [-0.1, -0.05) is 206 Å². The van der Waals surface area contributed by atoms with E-state index < -0.39 is 5.41 Å². The van der Waals surface area contributed by atoms with Gasteiger partial charge >= 0.3 is 0 Å². The monoisotopic (exact) mass is 995 g/mol. The molecule has 3 heteroatoms. The van der Waals surface area contributed by atoms with Gasteiger partial charge in [-0.2, -0.15) is 0 Å². The molecule has 0 fully saturated rings. The first-order chi connectivity index (χ1) is 40.4. The van der Waals surface area contributed by atoms with Gasteiger partial charge in [-0.15, -0.1) is 0 Å². The number of fused-ring (bicyclic) bond motifs is 15. The normalized spacial score (nSPS) is 13.4. The lowest BCUT2D eigenvalue weighted by atomic mass is 9.70. The summed E-state index contributed by atoms with van der Waals surface area (Å²) in [5.74, 6) is 0. The smallest absolute Gasteiger partial charge is 0.0726 e. The molecule has 16 rings (SSSR count). The summed E-state index contributed by atoms with van der Waals surface area (Å²) in [7, 11) is 0. The predicted octanol–water partition coefficient (Wildman–Crippen LogP) is 20.0. The van der Waals surface area contributed by atoms with E-state index in [0.717, 1.165) is 77.5 Å². The molecule has 0 bridgehead atoms. The second-order valence-corrected chi connectivity index (χ2v) is 20.4. The van der Waals surface area contributed by atoms with E-state index in [1.165, 1.54) is 44.5 Å². The van der Waals surface area contributed by atoms with Crippen LogP contribution in [0.4, 0.5) is 34.1 Å². The molecule has 364 valence electrons. The lowest BCUT2D eigenvalue weighted by Gasteiger charge is -2.32. The van der Waals surface area contributed by atoms with Crippen molar-refractivity contribution in [2.75, 3.05) is 9.80 Å². The molecule has 14 aromatic rings. The maximum absolute atomic E-state index is 9.93. The standard InChI is InChI=1S/C75H49N3/c1-3-21-53(22-4-1)76(56-42-37-50-19-7-8-20-52(50)47-56)55-40-38-51(39-41-55)59-29-17-31-65-60(59)30-18-36-72(65)77(57-44-46-74-67(48-57)66-28-12-16-35-73(66)78(74)54-23-5-2-6-24-54)58-43-45-64-63-27-11-15-34-70(63)75(71(64)49-58)68-32-13-9-25-61(68)62-26-10-14-33-69(62)75/h1-49H/i38D,39D,40D,41D. The van der Waals surface area contributed by atoms with Crippen LogP contribution in [0, 0.1) is 0 Å². The quantitative estimate of drug-likeness (QED) is 0.150. The van der Waals surface area contributed by atoms with Crippen molar-refractivity contribution in [3.05, 3.63) is 319 Å². The molecule has 0 atom stereocenters. The van der Waals surface area contributed by atoms with Gasteiger partial charge in [-0.05, 0) is 163 Å². The minimum absolute atomic E-state index is 0.117. The fourth-order valence-corrected chi connectivity index (χ4v) is 13.2. The highest BCUT2D eigenvalue weighted by Gasteiger charge is 2.51. The summed E-state index contributed by atoms with van der Waals surface area (Å²) in [6.07, 6.45) is 0. The van der Waals surface area contributed by atoms with Gasteiger partial charge in [0.15, 0.2) is 0 Å². The van der Waals surface area contributed by atoms with Crippen LogP contribution in [0.2, 0.25) is 0 Å². The van der Waals surface area contributed by atoms with Gasteiger partial charge in [0.1, 0.15) is 0 Å². The predicted molar refractivity (Wildman–Crippen MR) is 327 cm³/mol. The molecule has 78 heavy (non-hydrogen) atoms. The number of hydrogen-bond acceptors (Lipinski definition) is 2. The Hall–Kier alpha value is -10.2. The van der Waals surface area contributed by atoms with Crippen LogP contribution in [-0.2, 0) is 5.41 Å². The summed E-state index contributed by atoms with van der Waals surface area (Å²) < 4.78 is 41.9. The molecular weight excluding hydrogens is 943 g/mol. The number of aromatic nitrogens is 1. The van der Waals surface area contributed by atoms with Crippen molar-refractivity contribution in [2.24, 2.45) is 0 Å². The SMILES string of the molecule is [2H]c1c([2H])c(N(c2ccccc2)c2ccc3ccccc3c2)c([2H])c([2H])c1-c1cccc2c(N(c3ccc4c(c3)C3(c5ccccc5-c5ccccc53)c3ccccc3-4)c3ccc4c(c3)c3ccccc3n4-c3ccccc3)cccc12. The van der Waals surface area contributed by atoms with Gasteiger partial charge in [0.2, 0.25) is 0 Å². The molecule has 2 aliphatic carbocycles. The van der Waals surface area contributed by atoms with Crippen LogP contribution >= 0.6 is 0 Å². The Morgan fingerprint density at radius 1 is 0.295 bits per heavy atom. The number of benzene rings is 13. The highest BCUT2D eigenvalue weighted by atomic mass is 15.1. The summed E-state index contributed by atoms with van der Waals surface area (Å²) in [5.41, 5.74) is 18.0. The zero-order chi connectivity index (χ0) is 54.8. The highest BCUT2D eigenvalue weighted by Crippen LogP contribution is 2.63. The molecule has 2 aliphatic rings. The number of hydrogen-bond donors (Lipinski definition) is 0. The summed E-state index contributed by atoms with van der Waals surface area (Å²) in [6, 6.07) is 95.4. The van der Waals surface area contributed by atoms with Crippen LogP contribution in [0.3, 0.4) is 0 Å². The number of para-hydroxylation sites is 3. The van der Waals surface area contributed by atoms with Crippen molar-refractivity contribution in [1.29, 1.82) is 0 Å². The van der Waals surface area contributed by atoms with Crippen LogP contribution in [0.1, 0.15) is 27.7 Å². The Bertz CT molecular complexity index is 4860. The van der Waals surface area contributed by atoms with E-state index in [2.05, 4.69) is 204 Å². The van der Waals surface area contributed by atoms with E-state index in [1.807, 2.05) is 83.8 Å². The number of anilines is 6. The Balaban J connectivity index is 0.928. The van der Waals surface area contributed by atoms with Crippen LogP contribution in [0.5, 0.6) is 0 Å². The molecule has 0 amide bonds. The molecule has 1 heterocycles.